The highest BCUT2D eigenvalue weighted by atomic mass is 16.5. The molecule has 8 heteroatoms. The average molecular weight is 341 g/mol. The van der Waals surface area contributed by atoms with E-state index in [0.717, 1.165) is 0 Å². The van der Waals surface area contributed by atoms with Gasteiger partial charge in [-0.05, 0) is 31.2 Å². The van der Waals surface area contributed by atoms with Gasteiger partial charge in [0.05, 0.1) is 6.26 Å². The van der Waals surface area contributed by atoms with Crippen LogP contribution in [0.1, 0.15) is 16.3 Å². The number of aromatic nitrogens is 1. The molecule has 0 bridgehead atoms. The van der Waals surface area contributed by atoms with Crippen LogP contribution >= 0.6 is 0 Å². The number of amides is 2. The van der Waals surface area contributed by atoms with Crippen LogP contribution in [0.2, 0.25) is 0 Å². The summed E-state index contributed by atoms with van der Waals surface area (Å²) in [5.74, 6) is 0.804. The van der Waals surface area contributed by atoms with Gasteiger partial charge in [-0.2, -0.15) is 0 Å². The topological polar surface area (TPSA) is 107 Å². The van der Waals surface area contributed by atoms with Crippen molar-refractivity contribution in [3.63, 3.8) is 0 Å². The minimum Gasteiger partial charge on any atom is -0.484 e. The van der Waals surface area contributed by atoms with Crippen molar-refractivity contribution in [3.05, 3.63) is 60.2 Å². The molecule has 8 nitrogen and oxygen atoms in total. The monoisotopic (exact) mass is 341 g/mol. The van der Waals surface area contributed by atoms with Crippen molar-refractivity contribution < 1.29 is 23.3 Å². The van der Waals surface area contributed by atoms with Gasteiger partial charge in [-0.25, -0.2) is 0 Å². The van der Waals surface area contributed by atoms with Gasteiger partial charge < -0.3 is 24.3 Å². The van der Waals surface area contributed by atoms with Crippen molar-refractivity contribution >= 4 is 23.3 Å². The molecular weight excluding hydrogens is 326 g/mol. The highest BCUT2D eigenvalue weighted by Crippen LogP contribution is 2.18. The maximum atomic E-state index is 11.9. The third-order valence-corrected chi connectivity index (χ3v) is 3.10. The molecule has 3 aromatic rings. The van der Waals surface area contributed by atoms with Gasteiger partial charge in [-0.15, -0.1) is 0 Å². The van der Waals surface area contributed by atoms with Crippen molar-refractivity contribution in [1.82, 2.24) is 5.16 Å². The number of hydrogen-bond donors (Lipinski definition) is 2. The van der Waals surface area contributed by atoms with E-state index in [1.54, 1.807) is 49.4 Å². The summed E-state index contributed by atoms with van der Waals surface area (Å²) in [6.45, 7) is 1.52. The van der Waals surface area contributed by atoms with E-state index in [-0.39, 0.29) is 24.2 Å². The van der Waals surface area contributed by atoms with E-state index < -0.39 is 0 Å². The molecule has 0 unspecified atom stereocenters. The second-order valence-corrected chi connectivity index (χ2v) is 5.12. The number of benzene rings is 1. The molecule has 0 aliphatic rings. The smallest absolute Gasteiger partial charge is 0.291 e. The minimum atomic E-state index is -0.377. The summed E-state index contributed by atoms with van der Waals surface area (Å²) in [5.41, 5.74) is 0.520. The molecule has 0 atom stereocenters. The molecule has 1 aromatic carbocycles. The lowest BCUT2D eigenvalue weighted by Crippen LogP contribution is -2.20. The van der Waals surface area contributed by atoms with Gasteiger partial charge in [0.15, 0.2) is 18.2 Å². The average Bonchev–Trinajstić information content (AvgIpc) is 3.25. The molecule has 0 aliphatic carbocycles. The summed E-state index contributed by atoms with van der Waals surface area (Å²) < 4.78 is 15.3. The molecule has 2 N–H and O–H groups in total. The molecule has 0 fully saturated rings. The molecule has 0 aliphatic heterocycles. The molecule has 0 saturated carbocycles. The van der Waals surface area contributed by atoms with E-state index in [1.807, 2.05) is 0 Å². The van der Waals surface area contributed by atoms with Crippen LogP contribution in [0.3, 0.4) is 0 Å². The Hall–Kier alpha value is -3.55. The fourth-order valence-corrected chi connectivity index (χ4v) is 2.02. The molecule has 3 rings (SSSR count). The van der Waals surface area contributed by atoms with E-state index in [2.05, 4.69) is 15.8 Å². The Labute approximate surface area is 142 Å². The van der Waals surface area contributed by atoms with Gasteiger partial charge in [-0.1, -0.05) is 11.2 Å². The summed E-state index contributed by atoms with van der Waals surface area (Å²) in [6, 6.07) is 11.5. The first-order valence-corrected chi connectivity index (χ1v) is 7.41. The molecule has 25 heavy (non-hydrogen) atoms. The zero-order chi connectivity index (χ0) is 17.6. The Bertz CT molecular complexity index is 870. The van der Waals surface area contributed by atoms with Crippen LogP contribution in [0, 0.1) is 6.92 Å². The van der Waals surface area contributed by atoms with E-state index in [4.69, 9.17) is 13.7 Å². The van der Waals surface area contributed by atoms with Gasteiger partial charge in [0.1, 0.15) is 11.5 Å². The lowest BCUT2D eigenvalue weighted by molar-refractivity contribution is -0.118. The maximum absolute atomic E-state index is 11.9. The summed E-state index contributed by atoms with van der Waals surface area (Å²) in [5, 5.41) is 8.89. The number of carbonyl (C=O) groups is 2. The Morgan fingerprint density at radius 2 is 2.04 bits per heavy atom. The van der Waals surface area contributed by atoms with Crippen molar-refractivity contribution in [2.24, 2.45) is 0 Å². The van der Waals surface area contributed by atoms with Crippen molar-refractivity contribution in [3.8, 4) is 5.75 Å². The van der Waals surface area contributed by atoms with Crippen LogP contribution in [-0.2, 0) is 4.79 Å². The zero-order valence-corrected chi connectivity index (χ0v) is 13.3. The first kappa shape index (κ1) is 16.3. The molecule has 2 heterocycles. The molecule has 0 spiro atoms. The lowest BCUT2D eigenvalue weighted by Gasteiger charge is -2.08. The fraction of sp³-hybridized carbons (Fsp3) is 0.118. The van der Waals surface area contributed by atoms with Crippen LogP contribution in [0.25, 0.3) is 0 Å². The third kappa shape index (κ3) is 4.47. The number of anilines is 2. The Kier molecular flexibility index (Phi) is 4.79. The minimum absolute atomic E-state index is 0.202. The second kappa shape index (κ2) is 7.35. The van der Waals surface area contributed by atoms with Crippen LogP contribution in [0.15, 0.2) is 57.7 Å². The van der Waals surface area contributed by atoms with E-state index in [1.165, 1.54) is 6.26 Å². The molecular formula is C17H15N3O5. The van der Waals surface area contributed by atoms with Crippen LogP contribution in [0.4, 0.5) is 11.5 Å². The number of aryl methyl sites for hydroxylation is 1. The summed E-state index contributed by atoms with van der Waals surface area (Å²) in [7, 11) is 0. The Morgan fingerprint density at radius 3 is 2.76 bits per heavy atom. The summed E-state index contributed by atoms with van der Waals surface area (Å²) in [4.78, 5) is 23.7. The summed E-state index contributed by atoms with van der Waals surface area (Å²) in [6.07, 6.45) is 1.42. The summed E-state index contributed by atoms with van der Waals surface area (Å²) >= 11 is 0. The van der Waals surface area contributed by atoms with Gasteiger partial charge in [0.25, 0.3) is 11.8 Å². The number of ether oxygens (including phenoxy) is 1. The fourth-order valence-electron chi connectivity index (χ4n) is 2.02. The van der Waals surface area contributed by atoms with E-state index in [0.29, 0.717) is 23.0 Å². The number of nitrogens with zero attached hydrogens (tertiary/aromatic N) is 1. The van der Waals surface area contributed by atoms with Crippen molar-refractivity contribution in [1.29, 1.82) is 0 Å². The van der Waals surface area contributed by atoms with Crippen LogP contribution in [0.5, 0.6) is 5.75 Å². The number of rotatable bonds is 6. The van der Waals surface area contributed by atoms with Gasteiger partial charge >= 0.3 is 0 Å². The molecule has 128 valence electrons. The highest BCUT2D eigenvalue weighted by Gasteiger charge is 2.10. The van der Waals surface area contributed by atoms with Crippen LogP contribution in [-0.4, -0.2) is 23.6 Å². The standard InChI is InChI=1S/C17H15N3O5/c1-11-8-15(20-25-11)19-16(21)10-24-13-5-2-4-12(9-13)18-17(22)14-6-3-7-23-14/h2-9H,10H2,1H3,(H,18,22)(H,19,20,21). The Morgan fingerprint density at radius 1 is 1.16 bits per heavy atom. The largest absolute Gasteiger partial charge is 0.484 e. The first-order chi connectivity index (χ1) is 12.1. The molecule has 0 radical (unpaired) electrons. The predicted molar refractivity (Wildman–Crippen MR) is 88.5 cm³/mol. The van der Waals surface area contributed by atoms with Crippen molar-refractivity contribution in [2.45, 2.75) is 6.92 Å². The number of nitrogens with one attached hydrogen (secondary N) is 2. The lowest BCUT2D eigenvalue weighted by atomic mass is 10.3. The predicted octanol–water partition coefficient (Wildman–Crippen LogP) is 2.85. The second-order valence-electron chi connectivity index (χ2n) is 5.12. The van der Waals surface area contributed by atoms with Crippen molar-refractivity contribution in [2.75, 3.05) is 17.2 Å². The van der Waals surface area contributed by atoms with E-state index >= 15 is 0 Å². The number of hydrogen-bond acceptors (Lipinski definition) is 6. The van der Waals surface area contributed by atoms with Gasteiger partial charge in [0, 0.05) is 17.8 Å². The SMILES string of the molecule is Cc1cc(NC(=O)COc2cccc(NC(=O)c3ccco3)c2)no1. The van der Waals surface area contributed by atoms with Gasteiger partial charge in [-0.3, -0.25) is 9.59 Å². The quantitative estimate of drug-likeness (QED) is 0.714. The molecule has 2 aromatic heterocycles. The first-order valence-electron chi connectivity index (χ1n) is 7.41. The van der Waals surface area contributed by atoms with Crippen LogP contribution < -0.4 is 15.4 Å². The maximum Gasteiger partial charge on any atom is 0.291 e. The molecule has 0 saturated heterocycles. The number of furan rings is 1. The van der Waals surface area contributed by atoms with Gasteiger partial charge in [0.2, 0.25) is 0 Å². The highest BCUT2D eigenvalue weighted by molar-refractivity contribution is 6.02. The normalized spacial score (nSPS) is 10.3. The number of carbonyl (C=O) groups excluding carboxylic acids is 2. The third-order valence-electron chi connectivity index (χ3n) is 3.10. The zero-order valence-electron chi connectivity index (χ0n) is 13.3. The molecule has 2 amide bonds. The van der Waals surface area contributed by atoms with E-state index in [9.17, 15) is 9.59 Å². The Balaban J connectivity index is 1.54.